The van der Waals surface area contributed by atoms with Crippen LogP contribution in [-0.4, -0.2) is 21.8 Å². The molecule has 0 aliphatic heterocycles. The predicted octanol–water partition coefficient (Wildman–Crippen LogP) is 3.37. The normalized spacial score (nSPS) is 28.0. The van der Waals surface area contributed by atoms with Gasteiger partial charge in [-0.3, -0.25) is 0 Å². The minimum absolute atomic E-state index is 0.00454. The molecule has 0 bridgehead atoms. The van der Waals surface area contributed by atoms with Gasteiger partial charge in [0.2, 0.25) is 5.83 Å². The highest BCUT2D eigenvalue weighted by atomic mass is 19.1. The number of halogens is 1. The number of aliphatic carboxylic acids is 1. The van der Waals surface area contributed by atoms with E-state index in [1.165, 1.54) is 19.1 Å². The van der Waals surface area contributed by atoms with Gasteiger partial charge in [-0.05, 0) is 43.9 Å². The van der Waals surface area contributed by atoms with Crippen molar-refractivity contribution in [3.8, 4) is 0 Å². The molecule has 0 aromatic heterocycles. The Balaban J connectivity index is 3.15. The Morgan fingerprint density at radius 1 is 1.47 bits per heavy atom. The first-order valence-electron chi connectivity index (χ1n) is 6.30. The second kappa shape index (κ2) is 5.29. The lowest BCUT2D eigenvalue weighted by Crippen LogP contribution is -2.45. The molecule has 0 amide bonds. The monoisotopic (exact) mass is 268 g/mol. The Labute approximate surface area is 113 Å². The molecule has 0 heterocycles. The van der Waals surface area contributed by atoms with Gasteiger partial charge in [0.15, 0.2) is 0 Å². The quantitative estimate of drug-likeness (QED) is 0.469. The van der Waals surface area contributed by atoms with Gasteiger partial charge in [-0.1, -0.05) is 26.0 Å². The summed E-state index contributed by atoms with van der Waals surface area (Å²) in [6.45, 7) is 7.09. The van der Waals surface area contributed by atoms with Gasteiger partial charge >= 0.3 is 5.97 Å². The molecular weight excluding hydrogens is 247 g/mol. The van der Waals surface area contributed by atoms with Gasteiger partial charge in [-0.2, -0.15) is 4.39 Å². The molecule has 0 aromatic rings. The Hall–Kier alpha value is -1.42. The summed E-state index contributed by atoms with van der Waals surface area (Å²) in [5.74, 6) is -2.79. The zero-order chi connectivity index (χ0) is 14.8. The Morgan fingerprint density at radius 2 is 2.05 bits per heavy atom. The van der Waals surface area contributed by atoms with E-state index >= 15 is 0 Å². The molecule has 0 aromatic carbocycles. The summed E-state index contributed by atoms with van der Waals surface area (Å²) in [6, 6.07) is 0. The van der Waals surface area contributed by atoms with Crippen molar-refractivity contribution >= 4 is 5.97 Å². The van der Waals surface area contributed by atoms with Crippen molar-refractivity contribution < 1.29 is 19.4 Å². The molecule has 4 heteroatoms. The highest BCUT2D eigenvalue weighted by molar-refractivity contribution is 5.85. The van der Waals surface area contributed by atoms with E-state index in [0.29, 0.717) is 0 Å². The fraction of sp³-hybridized carbons (Fsp3) is 0.533. The van der Waals surface area contributed by atoms with Crippen LogP contribution in [-0.2, 0) is 4.79 Å². The molecule has 3 nitrogen and oxygen atoms in total. The summed E-state index contributed by atoms with van der Waals surface area (Å²) in [7, 11) is 0. The Bertz CT molecular complexity index is 472. The molecule has 1 aliphatic rings. The maximum absolute atomic E-state index is 13.2. The van der Waals surface area contributed by atoms with Gasteiger partial charge in [-0.15, -0.1) is 0 Å². The molecule has 106 valence electrons. The number of hydrogen-bond donors (Lipinski definition) is 2. The van der Waals surface area contributed by atoms with E-state index in [4.69, 9.17) is 5.11 Å². The van der Waals surface area contributed by atoms with Crippen LogP contribution < -0.4 is 0 Å². The van der Waals surface area contributed by atoms with Crippen LogP contribution in [0.4, 0.5) is 4.39 Å². The van der Waals surface area contributed by atoms with Crippen LogP contribution in [0, 0.1) is 5.41 Å². The average Bonchev–Trinajstić information content (AvgIpc) is 2.32. The van der Waals surface area contributed by atoms with Crippen molar-refractivity contribution in [2.24, 2.45) is 5.41 Å². The second-order valence-electron chi connectivity index (χ2n) is 5.71. The minimum Gasteiger partial charge on any atom is -0.476 e. The second-order valence-corrected chi connectivity index (χ2v) is 5.71. The molecule has 1 atom stereocenters. The van der Waals surface area contributed by atoms with Crippen LogP contribution in [0.3, 0.4) is 0 Å². The zero-order valence-electron chi connectivity index (χ0n) is 11.8. The third-order valence-electron chi connectivity index (χ3n) is 3.96. The minimum atomic E-state index is -1.59. The fourth-order valence-electron chi connectivity index (χ4n) is 2.37. The number of carboxylic acids is 1. The molecule has 1 aliphatic carbocycles. The van der Waals surface area contributed by atoms with Gasteiger partial charge in [-0.25, -0.2) is 4.79 Å². The summed E-state index contributed by atoms with van der Waals surface area (Å²) >= 11 is 0. The fourth-order valence-corrected chi connectivity index (χ4v) is 2.37. The van der Waals surface area contributed by atoms with Gasteiger partial charge in [0, 0.05) is 5.41 Å². The first kappa shape index (κ1) is 15.6. The topological polar surface area (TPSA) is 57.5 Å². The van der Waals surface area contributed by atoms with E-state index in [0.717, 1.165) is 18.4 Å². The van der Waals surface area contributed by atoms with Crippen molar-refractivity contribution in [3.63, 3.8) is 0 Å². The van der Waals surface area contributed by atoms with Crippen LogP contribution in [0.2, 0.25) is 0 Å². The largest absolute Gasteiger partial charge is 0.476 e. The van der Waals surface area contributed by atoms with Crippen molar-refractivity contribution in [2.45, 2.75) is 46.1 Å². The average molecular weight is 268 g/mol. The molecule has 1 rings (SSSR count). The van der Waals surface area contributed by atoms with Crippen molar-refractivity contribution in [1.29, 1.82) is 0 Å². The number of allylic oxidation sites excluding steroid dienone is 3. The molecule has 0 radical (unpaired) electrons. The number of hydrogen-bond acceptors (Lipinski definition) is 2. The van der Waals surface area contributed by atoms with E-state index in [9.17, 15) is 14.3 Å². The standard InChI is InChI=1S/C15H21FO3/c1-10(12(16)13(17)18)7-9-15(19)11(2)6-5-8-14(15,3)4/h6-7,9,19H,5,8H2,1-4H3,(H,17,18)/b9-7+,12-10+. The lowest BCUT2D eigenvalue weighted by molar-refractivity contribution is -0.134. The van der Waals surface area contributed by atoms with Gasteiger partial charge < -0.3 is 10.2 Å². The highest BCUT2D eigenvalue weighted by Crippen LogP contribution is 2.45. The number of carbonyl (C=O) groups is 1. The number of carboxylic acid groups (broad SMARTS) is 1. The van der Waals surface area contributed by atoms with E-state index in [1.54, 1.807) is 0 Å². The molecule has 0 fully saturated rings. The zero-order valence-corrected chi connectivity index (χ0v) is 11.8. The molecular formula is C15H21FO3. The van der Waals surface area contributed by atoms with E-state index < -0.39 is 17.4 Å². The predicted molar refractivity (Wildman–Crippen MR) is 72.3 cm³/mol. The number of rotatable bonds is 3. The van der Waals surface area contributed by atoms with E-state index in [1.807, 2.05) is 26.8 Å². The maximum atomic E-state index is 13.2. The van der Waals surface area contributed by atoms with E-state index in [-0.39, 0.29) is 11.0 Å². The summed E-state index contributed by atoms with van der Waals surface area (Å²) in [4.78, 5) is 10.5. The molecule has 0 saturated carbocycles. The third kappa shape index (κ3) is 2.95. The third-order valence-corrected chi connectivity index (χ3v) is 3.96. The van der Waals surface area contributed by atoms with Crippen molar-refractivity contribution in [2.75, 3.05) is 0 Å². The van der Waals surface area contributed by atoms with Crippen molar-refractivity contribution in [3.05, 3.63) is 35.2 Å². The van der Waals surface area contributed by atoms with Crippen LogP contribution in [0.15, 0.2) is 35.2 Å². The smallest absolute Gasteiger partial charge is 0.365 e. The lowest BCUT2D eigenvalue weighted by atomic mass is 9.65. The molecule has 1 unspecified atom stereocenters. The summed E-state index contributed by atoms with van der Waals surface area (Å²) in [5, 5.41) is 19.4. The summed E-state index contributed by atoms with van der Waals surface area (Å²) in [5.41, 5.74) is -0.744. The van der Waals surface area contributed by atoms with Gasteiger partial charge in [0.05, 0.1) is 0 Å². The van der Waals surface area contributed by atoms with Gasteiger partial charge in [0.1, 0.15) is 5.60 Å². The summed E-state index contributed by atoms with van der Waals surface area (Å²) in [6.07, 6.45) is 6.51. The van der Waals surface area contributed by atoms with Crippen LogP contribution in [0.1, 0.15) is 40.5 Å². The van der Waals surface area contributed by atoms with Crippen LogP contribution in [0.25, 0.3) is 0 Å². The highest BCUT2D eigenvalue weighted by Gasteiger charge is 2.44. The SMILES string of the molecule is CC1=CCCC(C)(C)C1(O)/C=C/C(C)=C(/F)C(=O)O. The molecule has 0 saturated heterocycles. The van der Waals surface area contributed by atoms with Crippen LogP contribution in [0.5, 0.6) is 0 Å². The molecule has 19 heavy (non-hydrogen) atoms. The Morgan fingerprint density at radius 3 is 2.53 bits per heavy atom. The van der Waals surface area contributed by atoms with Gasteiger partial charge in [0.25, 0.3) is 0 Å². The van der Waals surface area contributed by atoms with Crippen molar-refractivity contribution in [1.82, 2.24) is 0 Å². The van der Waals surface area contributed by atoms with Crippen LogP contribution >= 0.6 is 0 Å². The summed E-state index contributed by atoms with van der Waals surface area (Å²) < 4.78 is 13.2. The van der Waals surface area contributed by atoms with E-state index in [2.05, 4.69) is 0 Å². The lowest BCUT2D eigenvalue weighted by Gasteiger charge is -2.44. The number of aliphatic hydroxyl groups is 1. The molecule has 2 N–H and O–H groups in total. The maximum Gasteiger partial charge on any atom is 0.365 e. The first-order valence-corrected chi connectivity index (χ1v) is 6.30. The first-order chi connectivity index (χ1) is 8.62. The molecule has 0 spiro atoms. The Kier molecular flexibility index (Phi) is 4.35.